The fourth-order valence-corrected chi connectivity index (χ4v) is 1.69. The van der Waals surface area contributed by atoms with Gasteiger partial charge in [0.25, 0.3) is 0 Å². The fourth-order valence-electron chi connectivity index (χ4n) is 1.69. The summed E-state index contributed by atoms with van der Waals surface area (Å²) in [4.78, 5) is 11.9. The summed E-state index contributed by atoms with van der Waals surface area (Å²) in [6.45, 7) is -1.13. The van der Waals surface area contributed by atoms with Crippen LogP contribution in [0.3, 0.4) is 0 Å². The summed E-state index contributed by atoms with van der Waals surface area (Å²) in [5, 5.41) is 8.86. The number of hydrogen-bond donors (Lipinski definition) is 1. The second-order valence-corrected chi connectivity index (χ2v) is 4.12. The molecule has 7 heteroatoms. The van der Waals surface area contributed by atoms with Gasteiger partial charge in [-0.1, -0.05) is 0 Å². The van der Waals surface area contributed by atoms with Gasteiger partial charge in [0.2, 0.25) is 0 Å². The molecule has 0 aliphatic heterocycles. The maximum atomic E-state index is 12.2. The molecule has 106 valence electrons. The van der Waals surface area contributed by atoms with Gasteiger partial charge in [-0.2, -0.15) is 13.2 Å². The van der Waals surface area contributed by atoms with Gasteiger partial charge in [-0.3, -0.25) is 4.90 Å². The molecule has 0 aliphatic rings. The lowest BCUT2D eigenvalue weighted by molar-refractivity contribution is -0.144. The Bertz CT molecular complexity index is 460. The van der Waals surface area contributed by atoms with E-state index in [4.69, 9.17) is 9.84 Å². The van der Waals surface area contributed by atoms with Gasteiger partial charge in [-0.25, -0.2) is 4.79 Å². The van der Waals surface area contributed by atoms with Crippen molar-refractivity contribution in [2.75, 3.05) is 20.7 Å². The first-order valence-electron chi connectivity index (χ1n) is 5.38. The van der Waals surface area contributed by atoms with E-state index in [9.17, 15) is 18.0 Å². The standard InChI is InChI=1S/C12H14F3NO3/c1-16(7-12(13,14)15)6-9-5-8(11(17)18)3-4-10(9)19-2/h3-5H,6-7H2,1-2H3,(H,17,18). The minimum atomic E-state index is -4.30. The summed E-state index contributed by atoms with van der Waals surface area (Å²) in [6.07, 6.45) is -4.30. The van der Waals surface area contributed by atoms with Gasteiger partial charge in [0.1, 0.15) is 5.75 Å². The topological polar surface area (TPSA) is 49.8 Å². The van der Waals surface area contributed by atoms with Crippen molar-refractivity contribution in [3.8, 4) is 5.75 Å². The van der Waals surface area contributed by atoms with E-state index in [0.717, 1.165) is 4.90 Å². The van der Waals surface area contributed by atoms with E-state index in [1.165, 1.54) is 32.4 Å². The third-order valence-electron chi connectivity index (χ3n) is 2.42. The van der Waals surface area contributed by atoms with Gasteiger partial charge in [-0.15, -0.1) is 0 Å². The molecule has 0 aliphatic carbocycles. The highest BCUT2D eigenvalue weighted by atomic mass is 19.4. The highest BCUT2D eigenvalue weighted by Crippen LogP contribution is 2.23. The lowest BCUT2D eigenvalue weighted by Gasteiger charge is -2.20. The molecule has 0 fully saturated rings. The Morgan fingerprint density at radius 3 is 2.53 bits per heavy atom. The van der Waals surface area contributed by atoms with Gasteiger partial charge in [0.05, 0.1) is 19.2 Å². The van der Waals surface area contributed by atoms with Crippen LogP contribution < -0.4 is 4.74 Å². The maximum absolute atomic E-state index is 12.2. The molecule has 0 spiro atoms. The number of rotatable bonds is 5. The summed E-state index contributed by atoms with van der Waals surface area (Å²) in [5.74, 6) is -0.776. The molecule has 0 radical (unpaired) electrons. The number of halogens is 3. The third-order valence-corrected chi connectivity index (χ3v) is 2.42. The molecule has 1 rings (SSSR count). The lowest BCUT2D eigenvalue weighted by atomic mass is 10.1. The molecule has 0 unspecified atom stereocenters. The number of ether oxygens (including phenoxy) is 1. The Morgan fingerprint density at radius 1 is 1.42 bits per heavy atom. The van der Waals surface area contributed by atoms with Crippen LogP contribution in [0, 0.1) is 0 Å². The van der Waals surface area contributed by atoms with E-state index < -0.39 is 18.7 Å². The molecule has 1 aromatic rings. The van der Waals surface area contributed by atoms with Crippen molar-refractivity contribution in [3.05, 3.63) is 29.3 Å². The first-order chi connectivity index (χ1) is 8.73. The molecule has 4 nitrogen and oxygen atoms in total. The number of carboxylic acids is 1. The van der Waals surface area contributed by atoms with Crippen molar-refractivity contribution in [1.29, 1.82) is 0 Å². The van der Waals surface area contributed by atoms with Crippen LogP contribution in [0.4, 0.5) is 13.2 Å². The number of carboxylic acid groups (broad SMARTS) is 1. The van der Waals surface area contributed by atoms with E-state index in [1.54, 1.807) is 0 Å². The van der Waals surface area contributed by atoms with Crippen molar-refractivity contribution in [2.45, 2.75) is 12.7 Å². The molecule has 0 heterocycles. The number of nitrogens with zero attached hydrogens (tertiary/aromatic N) is 1. The predicted molar refractivity (Wildman–Crippen MR) is 62.3 cm³/mol. The Balaban J connectivity index is 2.91. The molecular weight excluding hydrogens is 263 g/mol. The van der Waals surface area contributed by atoms with Crippen molar-refractivity contribution in [3.63, 3.8) is 0 Å². The minimum absolute atomic E-state index is 0.0104. The number of methoxy groups -OCH3 is 1. The highest BCUT2D eigenvalue weighted by molar-refractivity contribution is 5.88. The van der Waals surface area contributed by atoms with Crippen molar-refractivity contribution in [2.24, 2.45) is 0 Å². The van der Waals surface area contributed by atoms with Gasteiger partial charge in [-0.05, 0) is 25.2 Å². The number of benzene rings is 1. The van der Waals surface area contributed by atoms with Crippen molar-refractivity contribution >= 4 is 5.97 Å². The quantitative estimate of drug-likeness (QED) is 0.897. The Kier molecular flexibility index (Phi) is 4.77. The molecule has 19 heavy (non-hydrogen) atoms. The smallest absolute Gasteiger partial charge is 0.401 e. The van der Waals surface area contributed by atoms with Crippen LogP contribution in [0.25, 0.3) is 0 Å². The van der Waals surface area contributed by atoms with E-state index in [1.807, 2.05) is 0 Å². The van der Waals surface area contributed by atoms with E-state index in [-0.39, 0.29) is 12.1 Å². The molecule has 1 N–H and O–H groups in total. The van der Waals surface area contributed by atoms with Crippen LogP contribution in [-0.4, -0.2) is 42.9 Å². The molecular formula is C12H14F3NO3. The second-order valence-electron chi connectivity index (χ2n) is 4.12. The molecule has 0 aromatic heterocycles. The summed E-state index contributed by atoms with van der Waals surface area (Å²) >= 11 is 0. The van der Waals surface area contributed by atoms with Crippen molar-refractivity contribution < 1.29 is 27.8 Å². The zero-order chi connectivity index (χ0) is 14.6. The maximum Gasteiger partial charge on any atom is 0.401 e. The second kappa shape index (κ2) is 5.92. The molecule has 0 saturated heterocycles. The average molecular weight is 277 g/mol. The lowest BCUT2D eigenvalue weighted by Crippen LogP contribution is -2.30. The van der Waals surface area contributed by atoms with Crippen LogP contribution in [-0.2, 0) is 6.54 Å². The fraction of sp³-hybridized carbons (Fsp3) is 0.417. The van der Waals surface area contributed by atoms with Crippen LogP contribution in [0.1, 0.15) is 15.9 Å². The van der Waals surface area contributed by atoms with Crippen LogP contribution in [0.15, 0.2) is 18.2 Å². The molecule has 0 bridgehead atoms. The van der Waals surface area contributed by atoms with E-state index in [0.29, 0.717) is 11.3 Å². The zero-order valence-corrected chi connectivity index (χ0v) is 10.5. The van der Waals surface area contributed by atoms with Crippen LogP contribution in [0.5, 0.6) is 5.75 Å². The predicted octanol–water partition coefficient (Wildman–Crippen LogP) is 2.39. The van der Waals surface area contributed by atoms with Gasteiger partial charge >= 0.3 is 12.1 Å². The number of carbonyl (C=O) groups is 1. The van der Waals surface area contributed by atoms with E-state index >= 15 is 0 Å². The Labute approximate surface area is 108 Å². The Hall–Kier alpha value is -1.76. The van der Waals surface area contributed by atoms with Crippen molar-refractivity contribution in [1.82, 2.24) is 4.90 Å². The average Bonchev–Trinajstić information content (AvgIpc) is 2.26. The summed E-state index contributed by atoms with van der Waals surface area (Å²) in [7, 11) is 2.68. The van der Waals surface area contributed by atoms with Crippen LogP contribution >= 0.6 is 0 Å². The first-order valence-corrected chi connectivity index (χ1v) is 5.38. The molecule has 1 aromatic carbocycles. The number of hydrogen-bond acceptors (Lipinski definition) is 3. The third kappa shape index (κ3) is 4.78. The Morgan fingerprint density at radius 2 is 2.05 bits per heavy atom. The minimum Gasteiger partial charge on any atom is -0.496 e. The number of alkyl halides is 3. The summed E-state index contributed by atoms with van der Waals surface area (Å²) in [5.41, 5.74) is 0.408. The summed E-state index contributed by atoms with van der Waals surface area (Å²) in [6, 6.07) is 4.09. The first kappa shape index (κ1) is 15.3. The molecule has 0 amide bonds. The largest absolute Gasteiger partial charge is 0.496 e. The van der Waals surface area contributed by atoms with Gasteiger partial charge < -0.3 is 9.84 Å². The summed E-state index contributed by atoms with van der Waals surface area (Å²) < 4.78 is 41.7. The monoisotopic (exact) mass is 277 g/mol. The highest BCUT2D eigenvalue weighted by Gasteiger charge is 2.29. The van der Waals surface area contributed by atoms with Crippen LogP contribution in [0.2, 0.25) is 0 Å². The van der Waals surface area contributed by atoms with Gasteiger partial charge in [0, 0.05) is 12.1 Å². The zero-order valence-electron chi connectivity index (χ0n) is 10.5. The van der Waals surface area contributed by atoms with Gasteiger partial charge in [0.15, 0.2) is 0 Å². The molecule has 0 atom stereocenters. The SMILES string of the molecule is COc1ccc(C(=O)O)cc1CN(C)CC(F)(F)F. The van der Waals surface area contributed by atoms with E-state index in [2.05, 4.69) is 0 Å². The molecule has 0 saturated carbocycles. The normalized spacial score (nSPS) is 11.7. The number of aromatic carboxylic acids is 1.